The van der Waals surface area contributed by atoms with E-state index in [9.17, 15) is 24.6 Å². The van der Waals surface area contributed by atoms with Crippen LogP contribution in [0.15, 0.2) is 81.4 Å². The first-order valence-corrected chi connectivity index (χ1v) is 15.8. The van der Waals surface area contributed by atoms with Crippen LogP contribution < -0.4 is 15.3 Å². The molecule has 0 radical (unpaired) electrons. The van der Waals surface area contributed by atoms with E-state index in [1.165, 1.54) is 31.1 Å². The average molecular weight is 645 g/mol. The van der Waals surface area contributed by atoms with E-state index < -0.39 is 41.9 Å². The van der Waals surface area contributed by atoms with Crippen LogP contribution in [0.3, 0.4) is 0 Å². The quantitative estimate of drug-likeness (QED) is 0.111. The second kappa shape index (κ2) is 13.2. The largest absolute Gasteiger partial charge is 0.459 e. The summed E-state index contributed by atoms with van der Waals surface area (Å²) in [4.78, 5) is 32.7. The summed E-state index contributed by atoms with van der Waals surface area (Å²) >= 11 is 1.35. The Morgan fingerprint density at radius 1 is 1.32 bits per heavy atom. The maximum absolute atomic E-state index is 14.2. The van der Waals surface area contributed by atoms with Crippen molar-refractivity contribution in [3.8, 4) is 5.75 Å². The number of thioether (sulfide) groups is 1. The fourth-order valence-electron chi connectivity index (χ4n) is 4.45. The molecule has 0 spiro atoms. The van der Waals surface area contributed by atoms with Gasteiger partial charge in [0.15, 0.2) is 0 Å². The Morgan fingerprint density at radius 2 is 2.09 bits per heavy atom. The molecule has 0 amide bonds. The van der Waals surface area contributed by atoms with Crippen LogP contribution >= 0.6 is 19.5 Å². The summed E-state index contributed by atoms with van der Waals surface area (Å²) in [7, 11) is -4.30. The lowest BCUT2D eigenvalue weighted by Gasteiger charge is -2.27. The molecule has 3 heterocycles. The zero-order valence-corrected chi connectivity index (χ0v) is 25.1. The van der Waals surface area contributed by atoms with Gasteiger partial charge in [0.1, 0.15) is 41.2 Å². The van der Waals surface area contributed by atoms with Gasteiger partial charge in [-0.05, 0) is 24.4 Å². The lowest BCUT2D eigenvalue weighted by molar-refractivity contribution is -0.402. The Morgan fingerprint density at radius 3 is 2.84 bits per heavy atom. The van der Waals surface area contributed by atoms with Crippen LogP contribution in [-0.2, 0) is 25.2 Å². The van der Waals surface area contributed by atoms with Crippen molar-refractivity contribution in [2.45, 2.75) is 42.7 Å². The van der Waals surface area contributed by atoms with E-state index in [1.54, 1.807) is 29.2 Å². The molecule has 1 fully saturated rings. The second-order valence-corrected chi connectivity index (χ2v) is 12.9. The third kappa shape index (κ3) is 7.29. The third-order valence-corrected chi connectivity index (χ3v) is 9.80. The van der Waals surface area contributed by atoms with Gasteiger partial charge in [0.2, 0.25) is 5.96 Å². The van der Waals surface area contributed by atoms with Crippen LogP contribution in [0.5, 0.6) is 5.75 Å². The number of ether oxygens (including phenoxy) is 1. The first-order chi connectivity index (χ1) is 21.0. The molecule has 2 aliphatic heterocycles. The van der Waals surface area contributed by atoms with Crippen LogP contribution in [0.25, 0.3) is 10.8 Å². The first kappa shape index (κ1) is 31.2. The van der Waals surface area contributed by atoms with Gasteiger partial charge >= 0.3 is 19.6 Å². The minimum atomic E-state index is -4.30. The average Bonchev–Trinajstić information content (AvgIpc) is 3.62. The minimum Gasteiger partial charge on any atom is -0.456 e. The van der Waals surface area contributed by atoms with E-state index in [1.807, 2.05) is 18.2 Å². The monoisotopic (exact) mass is 644 g/mol. The van der Waals surface area contributed by atoms with Crippen LogP contribution in [0.2, 0.25) is 0 Å². The third-order valence-electron chi connectivity index (χ3n) is 6.64. The normalized spacial score (nSPS) is 22.0. The number of aliphatic imine (C=N–C) groups is 2. The van der Waals surface area contributed by atoms with Gasteiger partial charge in [0.05, 0.1) is 29.4 Å². The first-order valence-electron chi connectivity index (χ1n) is 13.3. The van der Waals surface area contributed by atoms with Gasteiger partial charge in [0.25, 0.3) is 0 Å². The molecule has 2 aliphatic rings. The number of furan rings is 1. The van der Waals surface area contributed by atoms with Gasteiger partial charge in [-0.3, -0.25) is 19.4 Å². The van der Waals surface area contributed by atoms with Crippen molar-refractivity contribution in [1.82, 2.24) is 9.99 Å². The van der Waals surface area contributed by atoms with Crippen LogP contribution in [0, 0.1) is 10.1 Å². The predicted octanol–water partition coefficient (Wildman–Crippen LogP) is 3.89. The number of aliphatic hydroxyl groups is 1. The molecule has 1 aromatic heterocycles. The number of fused-ring (bicyclic) bond motifs is 1. The van der Waals surface area contributed by atoms with Crippen molar-refractivity contribution in [1.29, 1.82) is 0 Å². The van der Waals surface area contributed by atoms with Crippen molar-refractivity contribution in [2.75, 3.05) is 6.61 Å². The zero-order valence-electron chi connectivity index (χ0n) is 23.3. The molecule has 17 heteroatoms. The summed E-state index contributed by atoms with van der Waals surface area (Å²) in [6.07, 6.45) is 0.956. The number of benzene rings is 2. The smallest absolute Gasteiger partial charge is 0.456 e. The number of carbonyl (C=O) groups is 1. The van der Waals surface area contributed by atoms with Gasteiger partial charge in [-0.15, -0.1) is 11.8 Å². The Hall–Kier alpha value is -4.21. The number of rotatable bonds is 12. The van der Waals surface area contributed by atoms with Crippen molar-refractivity contribution < 1.29 is 37.6 Å². The molecule has 44 heavy (non-hydrogen) atoms. The molecule has 5 rings (SSSR count). The number of esters is 1. The summed E-state index contributed by atoms with van der Waals surface area (Å²) in [6, 6.07) is 13.8. The standard InChI is InChI=1S/C27H29N6O9PS/c1-16(26(35)39-13-19-10-11-24(41-19)33(36)37)31-43(38,42-22-9-5-7-18-6-3-4-8-20(18)22)40-14-23-21(34)12-25(44-23)32-15-29-27(28)30-17(32)2/h3-11,15-16,21,23,25,34H,2,12-14H2,1H3,(H2,28,30)(H,31,38)/t16-,21+,23+,25+,43?/m0/s1. The SMILES string of the molecule is C=C1N=C(N)N=CN1[C@H]1C[C@@H](O)[C@@H](COP(=O)(N[C@@H](C)C(=O)OCc2ccc([N+](=O)[O-])o2)Oc2cccc3ccccc23)S1. The number of nitrogens with zero attached hydrogens (tertiary/aromatic N) is 4. The maximum atomic E-state index is 14.2. The van der Waals surface area contributed by atoms with E-state index in [-0.39, 0.29) is 36.1 Å². The summed E-state index contributed by atoms with van der Waals surface area (Å²) in [5.41, 5.74) is 5.63. The van der Waals surface area contributed by atoms with Gasteiger partial charge in [-0.2, -0.15) is 10.1 Å². The second-order valence-electron chi connectivity index (χ2n) is 9.79. The predicted molar refractivity (Wildman–Crippen MR) is 163 cm³/mol. The highest BCUT2D eigenvalue weighted by Crippen LogP contribution is 2.48. The van der Waals surface area contributed by atoms with Gasteiger partial charge < -0.3 is 29.4 Å². The summed E-state index contributed by atoms with van der Waals surface area (Å²) < 4.78 is 36.2. The van der Waals surface area contributed by atoms with Crippen LogP contribution in [-0.4, -0.2) is 62.6 Å². The molecule has 5 atom stereocenters. The molecule has 3 aromatic rings. The Balaban J connectivity index is 1.29. The molecule has 4 N–H and O–H groups in total. The number of carbonyl (C=O) groups excluding carboxylic acids is 1. The van der Waals surface area contributed by atoms with Gasteiger partial charge in [-0.25, -0.2) is 9.56 Å². The molecule has 0 saturated carbocycles. The van der Waals surface area contributed by atoms with E-state index in [2.05, 4.69) is 21.7 Å². The van der Waals surface area contributed by atoms with Crippen molar-refractivity contribution >= 4 is 54.4 Å². The van der Waals surface area contributed by atoms with Crippen LogP contribution in [0.4, 0.5) is 5.88 Å². The van der Waals surface area contributed by atoms with Gasteiger partial charge in [0, 0.05) is 11.8 Å². The van der Waals surface area contributed by atoms with Crippen molar-refractivity contribution in [3.63, 3.8) is 0 Å². The van der Waals surface area contributed by atoms with Gasteiger partial charge in [-0.1, -0.05) is 43.0 Å². The number of guanidine groups is 1. The zero-order chi connectivity index (χ0) is 31.4. The van der Waals surface area contributed by atoms with E-state index in [4.69, 9.17) is 23.9 Å². The fraction of sp³-hybridized carbons (Fsp3) is 0.296. The lowest BCUT2D eigenvalue weighted by atomic mass is 10.1. The summed E-state index contributed by atoms with van der Waals surface area (Å²) in [5, 5.41) is 24.9. The molecular weight excluding hydrogens is 615 g/mol. The van der Waals surface area contributed by atoms with Crippen LogP contribution in [0.1, 0.15) is 19.1 Å². The van der Waals surface area contributed by atoms with E-state index in [0.717, 1.165) is 11.5 Å². The number of aliphatic hydroxyl groups excluding tert-OH is 1. The summed E-state index contributed by atoms with van der Waals surface area (Å²) in [5.74, 6) is -0.590. The minimum absolute atomic E-state index is 0.0558. The number of nitro groups is 1. The highest BCUT2D eigenvalue weighted by atomic mass is 32.2. The highest BCUT2D eigenvalue weighted by molar-refractivity contribution is 8.00. The number of hydrogen-bond acceptors (Lipinski definition) is 14. The Labute approximate surface area is 255 Å². The molecule has 1 saturated heterocycles. The topological polar surface area (TPSA) is 204 Å². The molecule has 15 nitrogen and oxygen atoms in total. The maximum Gasteiger partial charge on any atom is 0.459 e. The summed E-state index contributed by atoms with van der Waals surface area (Å²) in [6.45, 7) is 4.68. The Kier molecular flexibility index (Phi) is 9.36. The number of nitrogens with one attached hydrogen (secondary N) is 1. The number of nitrogens with two attached hydrogens (primary N) is 1. The number of hydrogen-bond donors (Lipinski definition) is 3. The van der Waals surface area contributed by atoms with Crippen molar-refractivity contribution in [3.05, 3.63) is 82.9 Å². The highest BCUT2D eigenvalue weighted by Gasteiger charge is 2.41. The van der Waals surface area contributed by atoms with Crippen molar-refractivity contribution in [2.24, 2.45) is 15.7 Å². The van der Waals surface area contributed by atoms with E-state index >= 15 is 0 Å². The Bertz CT molecular complexity index is 1670. The van der Waals surface area contributed by atoms with E-state index in [0.29, 0.717) is 17.6 Å². The molecule has 2 aromatic carbocycles. The lowest BCUT2D eigenvalue weighted by Crippen LogP contribution is -2.36. The fourth-order valence-corrected chi connectivity index (χ4v) is 7.54. The molecule has 232 valence electrons. The molecule has 0 aliphatic carbocycles. The molecular formula is C27H29N6O9PS. The molecule has 0 bridgehead atoms. The molecule has 1 unspecified atom stereocenters.